The van der Waals surface area contributed by atoms with Crippen molar-refractivity contribution in [2.75, 3.05) is 0 Å². The first-order valence-corrected chi connectivity index (χ1v) is 4.70. The highest BCUT2D eigenvalue weighted by Crippen LogP contribution is 2.00. The van der Waals surface area contributed by atoms with Crippen LogP contribution in [0.3, 0.4) is 0 Å². The van der Waals surface area contributed by atoms with Crippen LogP contribution in [0.4, 0.5) is 0 Å². The zero-order valence-electron chi connectivity index (χ0n) is 8.48. The molecule has 1 rings (SSSR count). The zero-order valence-corrected chi connectivity index (χ0v) is 8.48. The van der Waals surface area contributed by atoms with Crippen molar-refractivity contribution in [3.8, 4) is 0 Å². The molecule has 0 amide bonds. The summed E-state index contributed by atoms with van der Waals surface area (Å²) in [5.74, 6) is 0. The Balaban J connectivity index is 2.66. The molecule has 0 unspecified atom stereocenters. The summed E-state index contributed by atoms with van der Waals surface area (Å²) in [7, 11) is 0. The van der Waals surface area contributed by atoms with Crippen molar-refractivity contribution in [2.24, 2.45) is 4.99 Å². The molecule has 0 spiro atoms. The smallest absolute Gasteiger partial charge is 0.0646 e. The minimum Gasteiger partial charge on any atom is -0.281 e. The van der Waals surface area contributed by atoms with Gasteiger partial charge in [0, 0.05) is 0 Å². The van der Waals surface area contributed by atoms with Gasteiger partial charge in [0.15, 0.2) is 0 Å². The van der Waals surface area contributed by atoms with Crippen LogP contribution in [0.25, 0.3) is 0 Å². The first-order valence-electron chi connectivity index (χ1n) is 4.70. The van der Waals surface area contributed by atoms with Gasteiger partial charge in [-0.1, -0.05) is 43.0 Å². The fourth-order valence-corrected chi connectivity index (χ4v) is 1.12. The summed E-state index contributed by atoms with van der Waals surface area (Å²) < 4.78 is 0. The minimum atomic E-state index is 0.715. The number of benzene rings is 1. The van der Waals surface area contributed by atoms with Crippen LogP contribution in [0.5, 0.6) is 0 Å². The second kappa shape index (κ2) is 5.92. The van der Waals surface area contributed by atoms with Crippen molar-refractivity contribution in [3.05, 3.63) is 60.7 Å². The van der Waals surface area contributed by atoms with Crippen molar-refractivity contribution >= 4 is 5.71 Å². The van der Waals surface area contributed by atoms with Gasteiger partial charge < -0.3 is 0 Å². The Morgan fingerprint density at radius 2 is 2.07 bits per heavy atom. The number of nitrogens with zero attached hydrogens (tertiary/aromatic N) is 1. The summed E-state index contributed by atoms with van der Waals surface area (Å²) in [6.45, 7) is 6.40. The van der Waals surface area contributed by atoms with Gasteiger partial charge in [0.1, 0.15) is 0 Å². The van der Waals surface area contributed by atoms with E-state index in [0.29, 0.717) is 6.54 Å². The average Bonchev–Trinajstić information content (AvgIpc) is 2.25. The highest BCUT2D eigenvalue weighted by Gasteiger charge is 1.89. The molecule has 0 bridgehead atoms. The van der Waals surface area contributed by atoms with E-state index in [1.54, 1.807) is 6.08 Å². The Bertz CT molecular complexity index is 334. The first kappa shape index (κ1) is 10.5. The van der Waals surface area contributed by atoms with Gasteiger partial charge in [-0.2, -0.15) is 0 Å². The summed E-state index contributed by atoms with van der Waals surface area (Å²) in [6.07, 6.45) is 5.68. The van der Waals surface area contributed by atoms with Crippen LogP contribution in [0.1, 0.15) is 12.5 Å². The Morgan fingerprint density at radius 3 is 2.64 bits per heavy atom. The molecular weight excluding hydrogens is 170 g/mol. The summed E-state index contributed by atoms with van der Waals surface area (Å²) in [5.41, 5.74) is 2.15. The third-order valence-corrected chi connectivity index (χ3v) is 1.83. The highest BCUT2D eigenvalue weighted by molar-refractivity contribution is 6.03. The van der Waals surface area contributed by atoms with Gasteiger partial charge in [0.05, 0.1) is 12.3 Å². The van der Waals surface area contributed by atoms with Crippen LogP contribution in [0.15, 0.2) is 60.1 Å². The third kappa shape index (κ3) is 3.40. The Labute approximate surface area is 85.5 Å². The normalized spacial score (nSPS) is 11.9. The van der Waals surface area contributed by atoms with Crippen LogP contribution in [0, 0.1) is 0 Å². The largest absolute Gasteiger partial charge is 0.281 e. The lowest BCUT2D eigenvalue weighted by Gasteiger charge is -1.96. The summed E-state index contributed by atoms with van der Waals surface area (Å²) in [5, 5.41) is 0. The molecule has 0 aromatic heterocycles. The molecule has 0 saturated heterocycles. The zero-order chi connectivity index (χ0) is 10.2. The monoisotopic (exact) mass is 185 g/mol. The Morgan fingerprint density at radius 1 is 1.36 bits per heavy atom. The van der Waals surface area contributed by atoms with E-state index in [1.165, 1.54) is 5.56 Å². The van der Waals surface area contributed by atoms with Crippen LogP contribution in [-0.2, 0) is 6.54 Å². The van der Waals surface area contributed by atoms with Gasteiger partial charge in [-0.05, 0) is 24.6 Å². The molecule has 72 valence electrons. The van der Waals surface area contributed by atoms with E-state index >= 15 is 0 Å². The van der Waals surface area contributed by atoms with Crippen molar-refractivity contribution in [1.82, 2.24) is 0 Å². The SMILES string of the molecule is C=CC(/C=C/C)=N/Cc1ccccc1. The van der Waals surface area contributed by atoms with Crippen LogP contribution >= 0.6 is 0 Å². The van der Waals surface area contributed by atoms with E-state index in [0.717, 1.165) is 5.71 Å². The number of aliphatic imine (C=N–C) groups is 1. The molecule has 1 aromatic carbocycles. The minimum absolute atomic E-state index is 0.715. The molecule has 0 aliphatic carbocycles. The molecule has 1 aromatic rings. The summed E-state index contributed by atoms with van der Waals surface area (Å²) in [4.78, 5) is 4.41. The van der Waals surface area contributed by atoms with Gasteiger partial charge in [-0.15, -0.1) is 0 Å². The number of rotatable bonds is 4. The topological polar surface area (TPSA) is 12.4 Å². The molecule has 0 fully saturated rings. The van der Waals surface area contributed by atoms with E-state index in [1.807, 2.05) is 37.3 Å². The summed E-state index contributed by atoms with van der Waals surface area (Å²) in [6, 6.07) is 10.2. The van der Waals surface area contributed by atoms with Crippen LogP contribution in [-0.4, -0.2) is 5.71 Å². The van der Waals surface area contributed by atoms with Gasteiger partial charge >= 0.3 is 0 Å². The maximum atomic E-state index is 4.41. The molecule has 0 aliphatic rings. The van der Waals surface area contributed by atoms with E-state index < -0.39 is 0 Å². The lowest BCUT2D eigenvalue weighted by Crippen LogP contribution is -1.89. The van der Waals surface area contributed by atoms with Gasteiger partial charge in [-0.3, -0.25) is 4.99 Å². The number of hydrogen-bond donors (Lipinski definition) is 0. The van der Waals surface area contributed by atoms with Crippen LogP contribution < -0.4 is 0 Å². The second-order valence-electron chi connectivity index (χ2n) is 2.93. The lowest BCUT2D eigenvalue weighted by molar-refractivity contribution is 1.07. The molecule has 1 nitrogen and oxygen atoms in total. The third-order valence-electron chi connectivity index (χ3n) is 1.83. The van der Waals surface area contributed by atoms with E-state index in [-0.39, 0.29) is 0 Å². The van der Waals surface area contributed by atoms with Crippen molar-refractivity contribution in [2.45, 2.75) is 13.5 Å². The number of hydrogen-bond acceptors (Lipinski definition) is 1. The molecule has 0 heterocycles. The molecule has 0 radical (unpaired) electrons. The molecule has 0 atom stereocenters. The molecule has 14 heavy (non-hydrogen) atoms. The summed E-state index contributed by atoms with van der Waals surface area (Å²) >= 11 is 0. The van der Waals surface area contributed by atoms with Crippen molar-refractivity contribution < 1.29 is 0 Å². The fraction of sp³-hybridized carbons (Fsp3) is 0.154. The number of allylic oxidation sites excluding steroid dienone is 3. The van der Waals surface area contributed by atoms with Gasteiger partial charge in [-0.25, -0.2) is 0 Å². The van der Waals surface area contributed by atoms with Crippen LogP contribution in [0.2, 0.25) is 0 Å². The first-order chi connectivity index (χ1) is 6.86. The van der Waals surface area contributed by atoms with Gasteiger partial charge in [0.2, 0.25) is 0 Å². The average molecular weight is 185 g/mol. The second-order valence-corrected chi connectivity index (χ2v) is 2.93. The predicted octanol–water partition coefficient (Wildman–Crippen LogP) is 3.39. The van der Waals surface area contributed by atoms with E-state index in [2.05, 4.69) is 23.7 Å². The maximum Gasteiger partial charge on any atom is 0.0646 e. The lowest BCUT2D eigenvalue weighted by atomic mass is 10.2. The molecule has 0 N–H and O–H groups in total. The van der Waals surface area contributed by atoms with E-state index in [4.69, 9.17) is 0 Å². The Kier molecular flexibility index (Phi) is 4.42. The predicted molar refractivity (Wildman–Crippen MR) is 62.6 cm³/mol. The Hall–Kier alpha value is -1.63. The molecule has 0 saturated carbocycles. The standard InChI is InChI=1S/C13H15N/c1-3-8-13(4-2)14-11-12-9-6-5-7-10-12/h3-10H,2,11H2,1H3/b8-3+,14-13-. The molecular formula is C13H15N. The maximum absolute atomic E-state index is 4.41. The highest BCUT2D eigenvalue weighted by atomic mass is 14.7. The van der Waals surface area contributed by atoms with Gasteiger partial charge in [0.25, 0.3) is 0 Å². The van der Waals surface area contributed by atoms with Crippen molar-refractivity contribution in [3.63, 3.8) is 0 Å². The quantitative estimate of drug-likeness (QED) is 0.637. The van der Waals surface area contributed by atoms with E-state index in [9.17, 15) is 0 Å². The fourth-order valence-electron chi connectivity index (χ4n) is 1.12. The molecule has 0 aliphatic heterocycles. The molecule has 1 heteroatoms. The van der Waals surface area contributed by atoms with Crippen molar-refractivity contribution in [1.29, 1.82) is 0 Å².